The maximum atomic E-state index is 12.7. The average Bonchev–Trinajstić information content (AvgIpc) is 3.07. The van der Waals surface area contributed by atoms with Crippen LogP contribution in [0.3, 0.4) is 0 Å². The number of hydrogen-bond donors (Lipinski definition) is 0. The summed E-state index contributed by atoms with van der Waals surface area (Å²) < 4.78 is 32.0. The zero-order valence-electron chi connectivity index (χ0n) is 17.7. The van der Waals surface area contributed by atoms with Crippen molar-refractivity contribution in [2.45, 2.75) is 37.6 Å². The Kier molecular flexibility index (Phi) is 7.46. The Bertz CT molecular complexity index is 1250. The third-order valence-corrected chi connectivity index (χ3v) is 6.86. The van der Waals surface area contributed by atoms with Crippen LogP contribution in [0.1, 0.15) is 36.5 Å². The number of benzene rings is 2. The zero-order valence-corrected chi connectivity index (χ0v) is 19.3. The van der Waals surface area contributed by atoms with Crippen LogP contribution in [0.2, 0.25) is 0 Å². The molecule has 1 amide bonds. The van der Waals surface area contributed by atoms with Gasteiger partial charge >= 0.3 is 0 Å². The highest BCUT2D eigenvalue weighted by atomic mass is 32.2. The first-order chi connectivity index (χ1) is 14.8. The van der Waals surface area contributed by atoms with Crippen LogP contribution in [-0.2, 0) is 16.4 Å². The van der Waals surface area contributed by atoms with Crippen molar-refractivity contribution in [3.63, 3.8) is 0 Å². The highest BCUT2D eigenvalue weighted by Gasteiger charge is 2.13. The van der Waals surface area contributed by atoms with Gasteiger partial charge in [-0.25, -0.2) is 8.42 Å². The lowest BCUT2D eigenvalue weighted by Gasteiger charge is -2.05. The Labute approximate surface area is 186 Å². The minimum absolute atomic E-state index is 0.236. The quantitative estimate of drug-likeness (QED) is 0.347. The first-order valence-electron chi connectivity index (χ1n) is 10.1. The lowest BCUT2D eigenvalue weighted by atomic mass is 10.2. The first kappa shape index (κ1) is 23.0. The van der Waals surface area contributed by atoms with Gasteiger partial charge in [-0.3, -0.25) is 4.79 Å². The second-order valence-electron chi connectivity index (χ2n) is 7.18. The molecule has 2 aromatic carbocycles. The summed E-state index contributed by atoms with van der Waals surface area (Å²) in [6.07, 6.45) is 6.15. The summed E-state index contributed by atoms with van der Waals surface area (Å²) in [5, 5.41) is 0. The molecule has 164 valence electrons. The van der Waals surface area contributed by atoms with E-state index in [9.17, 15) is 13.2 Å². The molecule has 0 fully saturated rings. The van der Waals surface area contributed by atoms with Gasteiger partial charge in [0.25, 0.3) is 5.91 Å². The Morgan fingerprint density at radius 1 is 1.19 bits per heavy atom. The number of sulfone groups is 1. The summed E-state index contributed by atoms with van der Waals surface area (Å²) in [6.45, 7) is 7.02. The van der Waals surface area contributed by atoms with Crippen LogP contribution < -0.4 is 9.54 Å². The van der Waals surface area contributed by atoms with Gasteiger partial charge in [-0.15, -0.1) is 6.58 Å². The van der Waals surface area contributed by atoms with Crippen LogP contribution in [0.15, 0.2) is 65.0 Å². The number of carbonyl (C=O) groups is 1. The van der Waals surface area contributed by atoms with E-state index in [1.54, 1.807) is 48.5 Å². The second kappa shape index (κ2) is 10.1. The molecule has 0 aliphatic rings. The molecule has 0 bridgehead atoms. The molecule has 0 spiro atoms. The van der Waals surface area contributed by atoms with Gasteiger partial charge in [-0.2, -0.15) is 4.99 Å². The standard InChI is InChI=1S/C23H26N2O4S2/c1-4-6-7-15-29-18-10-8-17(9-11-18)22(26)24-23-25(14-5-2)20-13-12-19(31(3,27)28)16-21(20)30-23/h5,8-13,16H,2,4,6-7,14-15H2,1,3H3. The normalized spacial score (nSPS) is 12.3. The summed E-state index contributed by atoms with van der Waals surface area (Å²) in [5.74, 6) is 0.356. The Morgan fingerprint density at radius 2 is 1.94 bits per heavy atom. The van der Waals surface area contributed by atoms with Crippen molar-refractivity contribution in [1.29, 1.82) is 0 Å². The number of hydrogen-bond acceptors (Lipinski definition) is 5. The third kappa shape index (κ3) is 5.71. The van der Waals surface area contributed by atoms with Crippen LogP contribution in [0.5, 0.6) is 5.75 Å². The van der Waals surface area contributed by atoms with Crippen molar-refractivity contribution >= 4 is 37.3 Å². The molecule has 8 heteroatoms. The Morgan fingerprint density at radius 3 is 2.58 bits per heavy atom. The van der Waals surface area contributed by atoms with E-state index in [2.05, 4.69) is 18.5 Å². The zero-order chi connectivity index (χ0) is 22.4. The molecule has 3 rings (SSSR count). The van der Waals surface area contributed by atoms with E-state index in [0.717, 1.165) is 35.2 Å². The van der Waals surface area contributed by atoms with E-state index in [1.807, 2.05) is 4.57 Å². The molecule has 0 unspecified atom stereocenters. The number of allylic oxidation sites excluding steroid dienone is 1. The van der Waals surface area contributed by atoms with Gasteiger partial charge in [0.2, 0.25) is 0 Å². The Hall–Kier alpha value is -2.71. The van der Waals surface area contributed by atoms with Gasteiger partial charge in [0.15, 0.2) is 14.6 Å². The lowest BCUT2D eigenvalue weighted by Crippen LogP contribution is -2.16. The third-order valence-electron chi connectivity index (χ3n) is 4.71. The predicted octanol–water partition coefficient (Wildman–Crippen LogP) is 4.60. The molecule has 0 aliphatic heterocycles. The van der Waals surface area contributed by atoms with E-state index in [1.165, 1.54) is 17.6 Å². The SMILES string of the molecule is C=CCn1c(=NC(=O)c2ccc(OCCCCC)cc2)sc2cc(S(C)(=O)=O)ccc21. The van der Waals surface area contributed by atoms with Gasteiger partial charge in [0.05, 0.1) is 21.7 Å². The molecule has 0 N–H and O–H groups in total. The maximum Gasteiger partial charge on any atom is 0.279 e. The molecule has 3 aromatic rings. The second-order valence-corrected chi connectivity index (χ2v) is 10.2. The number of unbranched alkanes of at least 4 members (excludes halogenated alkanes) is 2. The molecule has 0 radical (unpaired) electrons. The summed E-state index contributed by atoms with van der Waals surface area (Å²) in [4.78, 5) is 17.8. The largest absolute Gasteiger partial charge is 0.494 e. The predicted molar refractivity (Wildman–Crippen MR) is 124 cm³/mol. The highest BCUT2D eigenvalue weighted by Crippen LogP contribution is 2.22. The van der Waals surface area contributed by atoms with E-state index in [0.29, 0.717) is 23.5 Å². The number of fused-ring (bicyclic) bond motifs is 1. The van der Waals surface area contributed by atoms with E-state index < -0.39 is 9.84 Å². The van der Waals surface area contributed by atoms with Crippen LogP contribution in [0.4, 0.5) is 0 Å². The summed E-state index contributed by atoms with van der Waals surface area (Å²) in [7, 11) is -3.32. The molecule has 6 nitrogen and oxygen atoms in total. The minimum atomic E-state index is -3.32. The maximum absolute atomic E-state index is 12.7. The van der Waals surface area contributed by atoms with Gasteiger partial charge in [0, 0.05) is 18.4 Å². The van der Waals surface area contributed by atoms with E-state index in [4.69, 9.17) is 4.74 Å². The number of ether oxygens (including phenoxy) is 1. The van der Waals surface area contributed by atoms with Gasteiger partial charge in [-0.1, -0.05) is 37.2 Å². The number of nitrogens with zero attached hydrogens (tertiary/aromatic N) is 2. The number of carbonyl (C=O) groups excluding carboxylic acids is 1. The van der Waals surface area contributed by atoms with Crippen LogP contribution in [-0.4, -0.2) is 31.8 Å². The molecule has 0 saturated carbocycles. The van der Waals surface area contributed by atoms with Crippen molar-refractivity contribution in [2.75, 3.05) is 12.9 Å². The molecule has 31 heavy (non-hydrogen) atoms. The minimum Gasteiger partial charge on any atom is -0.494 e. The first-order valence-corrected chi connectivity index (χ1v) is 12.8. The van der Waals surface area contributed by atoms with Crippen molar-refractivity contribution in [3.05, 3.63) is 65.5 Å². The fourth-order valence-corrected chi connectivity index (χ4v) is 4.86. The fourth-order valence-electron chi connectivity index (χ4n) is 3.06. The van der Waals surface area contributed by atoms with Gasteiger partial charge in [-0.05, 0) is 48.9 Å². The number of amides is 1. The van der Waals surface area contributed by atoms with Crippen molar-refractivity contribution < 1.29 is 17.9 Å². The van der Waals surface area contributed by atoms with Gasteiger partial charge < -0.3 is 9.30 Å². The van der Waals surface area contributed by atoms with Gasteiger partial charge in [0.1, 0.15) is 5.75 Å². The van der Waals surface area contributed by atoms with Crippen molar-refractivity contribution in [1.82, 2.24) is 4.57 Å². The van der Waals surface area contributed by atoms with Crippen LogP contribution in [0.25, 0.3) is 10.2 Å². The molecular formula is C23H26N2O4S2. The van der Waals surface area contributed by atoms with E-state index >= 15 is 0 Å². The Balaban J connectivity index is 1.90. The smallest absolute Gasteiger partial charge is 0.279 e. The lowest BCUT2D eigenvalue weighted by molar-refractivity contribution is 0.0998. The van der Waals surface area contributed by atoms with Crippen molar-refractivity contribution in [2.24, 2.45) is 4.99 Å². The van der Waals surface area contributed by atoms with E-state index in [-0.39, 0.29) is 10.8 Å². The molecule has 0 saturated heterocycles. The van der Waals surface area contributed by atoms with Crippen molar-refractivity contribution in [3.8, 4) is 5.75 Å². The number of rotatable bonds is 9. The average molecular weight is 459 g/mol. The summed E-state index contributed by atoms with van der Waals surface area (Å²) >= 11 is 1.27. The topological polar surface area (TPSA) is 77.7 Å². The molecular weight excluding hydrogens is 432 g/mol. The van der Waals surface area contributed by atoms with Crippen LogP contribution in [0, 0.1) is 0 Å². The fraction of sp³-hybridized carbons (Fsp3) is 0.304. The van der Waals surface area contributed by atoms with Crippen LogP contribution >= 0.6 is 11.3 Å². The molecule has 1 heterocycles. The number of aromatic nitrogens is 1. The summed E-state index contributed by atoms with van der Waals surface area (Å²) in [5.41, 5.74) is 1.26. The molecule has 0 atom stereocenters. The molecule has 0 aliphatic carbocycles. The molecule has 1 aromatic heterocycles. The monoisotopic (exact) mass is 458 g/mol. The highest BCUT2D eigenvalue weighted by molar-refractivity contribution is 7.90. The number of thiazole rings is 1. The summed E-state index contributed by atoms with van der Waals surface area (Å²) in [6, 6.07) is 11.9.